The minimum atomic E-state index is -3.11. The molecule has 4 aliphatic rings. The average Bonchev–Trinajstić information content (AvgIpc) is 3.92. The van der Waals surface area contributed by atoms with Gasteiger partial charge in [0.25, 0.3) is 0 Å². The zero-order valence-electron chi connectivity index (χ0n) is 27.0. The molecule has 1 aromatic heterocycles. The number of hydrogen-bond donors (Lipinski definition) is 0. The highest BCUT2D eigenvalue weighted by molar-refractivity contribution is 6.36. The Morgan fingerprint density at radius 3 is 2.50 bits per heavy atom. The van der Waals surface area contributed by atoms with Gasteiger partial charge >= 0.3 is 24.4 Å². The number of halogens is 4. The highest BCUT2D eigenvalue weighted by atomic mass is 35.5. The van der Waals surface area contributed by atoms with Crippen LogP contribution >= 0.6 is 23.2 Å². The van der Waals surface area contributed by atoms with Crippen molar-refractivity contribution in [1.29, 1.82) is 0 Å². The normalized spacial score (nSPS) is 20.1. The van der Waals surface area contributed by atoms with Crippen LogP contribution < -0.4 is 14.2 Å². The number of benzene rings is 1. The highest BCUT2D eigenvalue weighted by Crippen LogP contribution is 2.38. The molecule has 0 bridgehead atoms. The number of aromatic nitrogens is 1. The third kappa shape index (κ3) is 8.66. The quantitative estimate of drug-likeness (QED) is 0.122. The van der Waals surface area contributed by atoms with E-state index in [4.69, 9.17) is 37.4 Å². The minimum Gasteiger partial charge on any atom is -0.619 e. The second-order valence-corrected chi connectivity index (χ2v) is 13.2. The maximum absolute atomic E-state index is 13.7. The molecular formula is C34H36Cl2F2N4O8. The van der Waals surface area contributed by atoms with Gasteiger partial charge in [0.05, 0.1) is 25.9 Å². The predicted octanol–water partition coefficient (Wildman–Crippen LogP) is 4.06. The number of amides is 2. The Morgan fingerprint density at radius 1 is 1.06 bits per heavy atom. The predicted molar refractivity (Wildman–Crippen MR) is 176 cm³/mol. The number of hydrogen-bond acceptors (Lipinski definition) is 9. The van der Waals surface area contributed by atoms with Gasteiger partial charge in [-0.2, -0.15) is 13.5 Å². The fraction of sp³-hybridized carbons (Fsp3) is 0.471. The van der Waals surface area contributed by atoms with Gasteiger partial charge in [-0.15, -0.1) is 0 Å². The number of fused-ring (bicyclic) bond motifs is 1. The summed E-state index contributed by atoms with van der Waals surface area (Å²) in [7, 11) is 0. The van der Waals surface area contributed by atoms with Crippen LogP contribution in [0.1, 0.15) is 36.5 Å². The third-order valence-corrected chi connectivity index (χ3v) is 9.63. The first-order chi connectivity index (χ1) is 24.1. The lowest BCUT2D eigenvalue weighted by atomic mass is 9.98. The number of piperazine rings is 1. The van der Waals surface area contributed by atoms with Crippen LogP contribution in [0.15, 0.2) is 54.5 Å². The summed E-state index contributed by atoms with van der Waals surface area (Å²) >= 11 is 12.7. The van der Waals surface area contributed by atoms with Crippen molar-refractivity contribution in [3.8, 4) is 11.5 Å². The van der Waals surface area contributed by atoms with Crippen LogP contribution in [0.5, 0.6) is 11.5 Å². The van der Waals surface area contributed by atoms with Gasteiger partial charge in [-0.25, -0.2) is 0 Å². The summed E-state index contributed by atoms with van der Waals surface area (Å²) in [5.41, 5.74) is 1.10. The van der Waals surface area contributed by atoms with Crippen LogP contribution in [0.2, 0.25) is 10.0 Å². The van der Waals surface area contributed by atoms with E-state index in [1.807, 2.05) is 6.08 Å². The Balaban J connectivity index is 1.24. The zero-order valence-corrected chi connectivity index (χ0v) is 28.5. The van der Waals surface area contributed by atoms with Crippen molar-refractivity contribution >= 4 is 41.0 Å². The Bertz CT molecular complexity index is 1640. The van der Waals surface area contributed by atoms with E-state index < -0.39 is 43.1 Å². The van der Waals surface area contributed by atoms with Crippen molar-refractivity contribution in [1.82, 2.24) is 14.7 Å². The number of rotatable bonds is 14. The van der Waals surface area contributed by atoms with Gasteiger partial charge in [-0.3, -0.25) is 24.2 Å². The van der Waals surface area contributed by atoms with E-state index in [0.717, 1.165) is 43.2 Å². The van der Waals surface area contributed by atoms with E-state index >= 15 is 0 Å². The van der Waals surface area contributed by atoms with E-state index in [0.29, 0.717) is 54.6 Å². The number of carbonyl (C=O) groups is 3. The van der Waals surface area contributed by atoms with Crippen molar-refractivity contribution in [3.05, 3.63) is 80.9 Å². The molecule has 1 aromatic carbocycles. The Morgan fingerprint density at radius 2 is 1.80 bits per heavy atom. The Kier molecular flexibility index (Phi) is 11.4. The van der Waals surface area contributed by atoms with Crippen LogP contribution in [0, 0.1) is 11.1 Å². The molecule has 0 spiro atoms. The number of esters is 1. The number of alkyl halides is 2. The molecule has 2 aliphatic heterocycles. The highest BCUT2D eigenvalue weighted by Gasteiger charge is 2.43. The second kappa shape index (κ2) is 15.9. The van der Waals surface area contributed by atoms with Gasteiger partial charge in [-0.05, 0) is 49.0 Å². The van der Waals surface area contributed by atoms with E-state index in [1.165, 1.54) is 18.2 Å². The molecule has 1 saturated carbocycles. The van der Waals surface area contributed by atoms with Gasteiger partial charge in [0.15, 0.2) is 23.9 Å². The smallest absolute Gasteiger partial charge is 0.387 e. The summed E-state index contributed by atoms with van der Waals surface area (Å²) in [5, 5.41) is 11.9. The van der Waals surface area contributed by atoms with Crippen molar-refractivity contribution in [2.75, 3.05) is 52.5 Å². The van der Waals surface area contributed by atoms with Crippen LogP contribution in [0.25, 0.3) is 0 Å². The Labute approximate surface area is 297 Å². The number of morpholine rings is 1. The number of nitrogens with zero attached hydrogens (tertiary/aromatic N) is 4. The lowest BCUT2D eigenvalue weighted by Crippen LogP contribution is -2.60. The summed E-state index contributed by atoms with van der Waals surface area (Å²) in [6, 6.07) is 3.70. The molecule has 0 N–H and O–H groups in total. The SMILES string of the molecule is O=C(CN1C(=O)C(=O)N(CCN2CCOCC2)C2CC=CC=C21)O[C@@H](Cc1c(Cl)c[n+]([O-])cc1Cl)c1ccc(OC(F)F)c(OCC2CC2)c1. The van der Waals surface area contributed by atoms with Crippen molar-refractivity contribution in [2.45, 2.75) is 44.4 Å². The first-order valence-electron chi connectivity index (χ1n) is 16.3. The molecule has 12 nitrogen and oxygen atoms in total. The molecule has 16 heteroatoms. The van der Waals surface area contributed by atoms with Crippen LogP contribution in [-0.4, -0.2) is 97.7 Å². The molecule has 50 heavy (non-hydrogen) atoms. The summed E-state index contributed by atoms with van der Waals surface area (Å²) in [6.45, 7) is 0.171. The average molecular weight is 738 g/mol. The van der Waals surface area contributed by atoms with E-state index in [2.05, 4.69) is 9.64 Å². The second-order valence-electron chi connectivity index (χ2n) is 12.4. The largest absolute Gasteiger partial charge is 0.619 e. The fourth-order valence-corrected chi connectivity index (χ4v) is 6.74. The van der Waals surface area contributed by atoms with E-state index in [-0.39, 0.29) is 40.1 Å². The molecule has 2 amide bonds. The maximum atomic E-state index is 13.7. The lowest BCUT2D eigenvalue weighted by molar-refractivity contribution is -0.605. The van der Waals surface area contributed by atoms with Crippen molar-refractivity contribution in [2.24, 2.45) is 5.92 Å². The summed E-state index contributed by atoms with van der Waals surface area (Å²) < 4.78 is 48.7. The maximum Gasteiger partial charge on any atom is 0.387 e. The Hall–Kier alpha value is -3.98. The minimum absolute atomic E-state index is 0.00683. The van der Waals surface area contributed by atoms with Gasteiger partial charge in [0.1, 0.15) is 22.7 Å². The summed E-state index contributed by atoms with van der Waals surface area (Å²) in [4.78, 5) is 45.5. The number of pyridine rings is 1. The van der Waals surface area contributed by atoms with Crippen LogP contribution in [0.4, 0.5) is 8.78 Å². The van der Waals surface area contributed by atoms with Gasteiger partial charge in [0, 0.05) is 43.9 Å². The molecule has 3 heterocycles. The zero-order chi connectivity index (χ0) is 35.4. The third-order valence-electron chi connectivity index (χ3n) is 8.98. The van der Waals surface area contributed by atoms with Crippen molar-refractivity contribution < 1.29 is 46.8 Å². The molecule has 1 unspecified atom stereocenters. The molecule has 0 radical (unpaired) electrons. The molecule has 2 aromatic rings. The number of allylic oxidation sites excluding steroid dienone is 2. The van der Waals surface area contributed by atoms with Crippen LogP contribution in [-0.2, 0) is 30.3 Å². The fourth-order valence-electron chi connectivity index (χ4n) is 6.14. The topological polar surface area (TPSA) is 125 Å². The number of carbonyl (C=O) groups excluding carboxylic acids is 3. The first kappa shape index (κ1) is 35.8. The molecule has 3 fully saturated rings. The summed E-state index contributed by atoms with van der Waals surface area (Å²) in [6.07, 6.45) is 8.66. The van der Waals surface area contributed by atoms with Gasteiger partial charge in [-0.1, -0.05) is 41.4 Å². The molecule has 2 saturated heterocycles. The number of ether oxygens (including phenoxy) is 4. The van der Waals surface area contributed by atoms with Gasteiger partial charge in [0.2, 0.25) is 0 Å². The lowest BCUT2D eigenvalue weighted by Gasteiger charge is -2.43. The molecular weight excluding hydrogens is 701 g/mol. The molecule has 2 atom stereocenters. The van der Waals surface area contributed by atoms with E-state index in [9.17, 15) is 28.4 Å². The van der Waals surface area contributed by atoms with Gasteiger partial charge < -0.3 is 29.1 Å². The van der Waals surface area contributed by atoms with E-state index in [1.54, 1.807) is 17.1 Å². The monoisotopic (exact) mass is 736 g/mol. The molecule has 6 rings (SSSR count). The van der Waals surface area contributed by atoms with Crippen LogP contribution in [0.3, 0.4) is 0 Å². The first-order valence-corrected chi connectivity index (χ1v) is 17.1. The van der Waals surface area contributed by atoms with Crippen molar-refractivity contribution in [3.63, 3.8) is 0 Å². The standard InChI is InChI=1S/C34H36Cl2F2N4O8/c35-24-17-40(46)18-25(36)23(24)16-29(22-7-8-28(50-34(37)38)30(15-22)48-20-21-5-6-21)49-31(43)19-42-27-4-2-1-3-26(27)41(32(44)33(42)45)10-9-39-11-13-47-14-12-39/h1-2,4,7-8,15,17-18,21,26,29,34H,3,5-6,9-14,16,19-20H2/t26?,29-/m0/s1. The molecule has 2 aliphatic carbocycles. The molecule has 268 valence electrons. The summed E-state index contributed by atoms with van der Waals surface area (Å²) in [5.74, 6) is -2.33.